The fraction of sp³-hybridized carbons (Fsp3) is 0.478. The third-order valence-corrected chi connectivity index (χ3v) is 6.25. The summed E-state index contributed by atoms with van der Waals surface area (Å²) in [6.45, 7) is 7.28. The number of piperazine rings is 1. The number of aliphatic hydroxyl groups is 1. The number of fused-ring (bicyclic) bond motifs is 1. The quantitative estimate of drug-likeness (QED) is 0.618. The largest absolute Gasteiger partial charge is 0.388 e. The minimum atomic E-state index is -0.215. The van der Waals surface area contributed by atoms with Gasteiger partial charge in [0, 0.05) is 51.8 Å². The molecule has 2 aliphatic rings. The average molecular weight is 452 g/mol. The van der Waals surface area contributed by atoms with Crippen LogP contribution in [0.15, 0.2) is 30.3 Å². The molecule has 0 saturated carbocycles. The number of hydrogen-bond donors (Lipinski definition) is 1. The van der Waals surface area contributed by atoms with Crippen molar-refractivity contribution in [2.75, 3.05) is 62.3 Å². The predicted octanol–water partition coefficient (Wildman–Crippen LogP) is 1.20. The van der Waals surface area contributed by atoms with Crippen LogP contribution in [0.5, 0.6) is 0 Å². The molecule has 2 fully saturated rings. The van der Waals surface area contributed by atoms with Crippen LogP contribution in [0.3, 0.4) is 0 Å². The molecule has 0 radical (unpaired) electrons. The van der Waals surface area contributed by atoms with Gasteiger partial charge in [0.1, 0.15) is 24.1 Å². The molecule has 1 N–H and O–H groups in total. The Balaban J connectivity index is 1.56. The molecule has 0 spiro atoms. The van der Waals surface area contributed by atoms with E-state index in [-0.39, 0.29) is 12.5 Å². The van der Waals surface area contributed by atoms with Crippen LogP contribution in [0.1, 0.15) is 19.2 Å². The zero-order valence-electron chi connectivity index (χ0n) is 18.9. The van der Waals surface area contributed by atoms with Crippen molar-refractivity contribution in [3.8, 4) is 5.95 Å². The molecule has 2 saturated heterocycles. The summed E-state index contributed by atoms with van der Waals surface area (Å²) in [5, 5.41) is 10.0. The molecule has 4 heterocycles. The van der Waals surface area contributed by atoms with Crippen molar-refractivity contribution in [1.82, 2.24) is 24.4 Å². The first kappa shape index (κ1) is 21.6. The number of anilines is 2. The molecular weight excluding hydrogens is 422 g/mol. The molecule has 0 bridgehead atoms. The molecule has 1 aromatic carbocycles. The number of ether oxygens (including phenoxy) is 1. The number of rotatable bonds is 5. The van der Waals surface area contributed by atoms with Gasteiger partial charge < -0.3 is 24.5 Å². The Morgan fingerprint density at radius 1 is 0.970 bits per heavy atom. The lowest BCUT2D eigenvalue weighted by Gasteiger charge is -2.36. The summed E-state index contributed by atoms with van der Waals surface area (Å²) < 4.78 is 7.36. The highest BCUT2D eigenvalue weighted by molar-refractivity contribution is 5.78. The predicted molar refractivity (Wildman–Crippen MR) is 125 cm³/mol. The Morgan fingerprint density at radius 3 is 2.30 bits per heavy atom. The van der Waals surface area contributed by atoms with Crippen molar-refractivity contribution in [3.05, 3.63) is 36.2 Å². The number of para-hydroxylation sites is 2. The lowest BCUT2D eigenvalue weighted by Crippen LogP contribution is -2.49. The van der Waals surface area contributed by atoms with Crippen molar-refractivity contribution in [3.63, 3.8) is 0 Å². The first-order valence-corrected chi connectivity index (χ1v) is 11.5. The second-order valence-corrected chi connectivity index (χ2v) is 8.22. The summed E-state index contributed by atoms with van der Waals surface area (Å²) in [6, 6.07) is 9.76. The molecule has 2 aliphatic heterocycles. The number of benzene rings is 1. The van der Waals surface area contributed by atoms with Gasteiger partial charge in [-0.05, 0) is 12.1 Å². The topological polar surface area (TPSA) is 99.9 Å². The molecule has 0 aliphatic carbocycles. The molecule has 0 atom stereocenters. The van der Waals surface area contributed by atoms with Gasteiger partial charge in [0.15, 0.2) is 0 Å². The summed E-state index contributed by atoms with van der Waals surface area (Å²) in [6.07, 6.45) is 0.524. The van der Waals surface area contributed by atoms with Gasteiger partial charge in [-0.15, -0.1) is 0 Å². The maximum absolute atomic E-state index is 12.1. The van der Waals surface area contributed by atoms with E-state index in [1.807, 2.05) is 46.7 Å². The lowest BCUT2D eigenvalue weighted by atomic mass is 10.2. The van der Waals surface area contributed by atoms with E-state index in [0.717, 1.165) is 35.8 Å². The molecule has 33 heavy (non-hydrogen) atoms. The maximum atomic E-state index is 12.1. The molecule has 1 amide bonds. The van der Waals surface area contributed by atoms with Crippen molar-refractivity contribution in [2.45, 2.75) is 20.0 Å². The Kier molecular flexibility index (Phi) is 6.10. The number of nitrogens with zero attached hydrogens (tertiary/aromatic N) is 7. The summed E-state index contributed by atoms with van der Waals surface area (Å²) >= 11 is 0. The number of aliphatic hydroxyl groups excluding tert-OH is 1. The second kappa shape index (κ2) is 9.32. The number of amides is 1. The molecule has 2 aromatic heterocycles. The van der Waals surface area contributed by atoms with Crippen LogP contribution in [-0.4, -0.2) is 87.9 Å². The first-order chi connectivity index (χ1) is 16.2. The van der Waals surface area contributed by atoms with E-state index in [2.05, 4.69) is 14.8 Å². The van der Waals surface area contributed by atoms with Crippen LogP contribution in [-0.2, 0) is 16.1 Å². The summed E-state index contributed by atoms with van der Waals surface area (Å²) in [5.41, 5.74) is 1.64. The molecular formula is C23H29N7O3. The number of imidazole rings is 1. The standard InChI is InChI=1S/C23H29N7O3/c1-2-22(32)29-9-7-27(8-10-29)19-15-20(28-11-13-33-14-12-28)26-23(25-19)30-18-6-4-3-5-17(18)24-21(30)16-31/h3-6,15,31H,2,7-14,16H2,1H3. The molecule has 10 nitrogen and oxygen atoms in total. The Labute approximate surface area is 192 Å². The van der Waals surface area contributed by atoms with Gasteiger partial charge in [-0.1, -0.05) is 19.1 Å². The van der Waals surface area contributed by atoms with E-state index < -0.39 is 0 Å². The van der Waals surface area contributed by atoms with Crippen LogP contribution < -0.4 is 9.80 Å². The highest BCUT2D eigenvalue weighted by Gasteiger charge is 2.24. The van der Waals surface area contributed by atoms with E-state index in [4.69, 9.17) is 14.7 Å². The fourth-order valence-electron chi connectivity index (χ4n) is 4.44. The van der Waals surface area contributed by atoms with Crippen molar-refractivity contribution in [1.29, 1.82) is 0 Å². The average Bonchev–Trinajstić information content (AvgIpc) is 3.27. The Morgan fingerprint density at radius 2 is 1.64 bits per heavy atom. The van der Waals surface area contributed by atoms with Crippen LogP contribution in [0.4, 0.5) is 11.6 Å². The zero-order chi connectivity index (χ0) is 22.8. The lowest BCUT2D eigenvalue weighted by molar-refractivity contribution is -0.131. The van der Waals surface area contributed by atoms with Gasteiger partial charge >= 0.3 is 0 Å². The van der Waals surface area contributed by atoms with Gasteiger partial charge in [-0.2, -0.15) is 9.97 Å². The third kappa shape index (κ3) is 4.23. The van der Waals surface area contributed by atoms with Crippen LogP contribution in [0.2, 0.25) is 0 Å². The molecule has 10 heteroatoms. The van der Waals surface area contributed by atoms with E-state index >= 15 is 0 Å². The first-order valence-electron chi connectivity index (χ1n) is 11.5. The SMILES string of the molecule is CCC(=O)N1CCN(c2cc(N3CCOCC3)nc(-n3c(CO)nc4ccccc43)n2)CC1. The molecule has 3 aromatic rings. The number of hydrogen-bond acceptors (Lipinski definition) is 8. The minimum absolute atomic E-state index is 0.185. The van der Waals surface area contributed by atoms with Crippen molar-refractivity contribution in [2.24, 2.45) is 0 Å². The van der Waals surface area contributed by atoms with Crippen LogP contribution >= 0.6 is 0 Å². The fourth-order valence-corrected chi connectivity index (χ4v) is 4.44. The van der Waals surface area contributed by atoms with Crippen LogP contribution in [0, 0.1) is 0 Å². The monoisotopic (exact) mass is 451 g/mol. The number of carbonyl (C=O) groups excluding carboxylic acids is 1. The van der Waals surface area contributed by atoms with Crippen molar-refractivity contribution < 1.29 is 14.6 Å². The van der Waals surface area contributed by atoms with E-state index in [1.165, 1.54) is 0 Å². The zero-order valence-corrected chi connectivity index (χ0v) is 18.9. The Hall–Kier alpha value is -3.24. The smallest absolute Gasteiger partial charge is 0.239 e. The normalized spacial score (nSPS) is 17.1. The van der Waals surface area contributed by atoms with Gasteiger partial charge in [0.05, 0.1) is 24.2 Å². The van der Waals surface area contributed by atoms with E-state index in [1.54, 1.807) is 0 Å². The van der Waals surface area contributed by atoms with Gasteiger partial charge in [0.25, 0.3) is 0 Å². The summed E-state index contributed by atoms with van der Waals surface area (Å²) in [7, 11) is 0. The van der Waals surface area contributed by atoms with E-state index in [9.17, 15) is 9.90 Å². The number of morpholine rings is 1. The second-order valence-electron chi connectivity index (χ2n) is 8.22. The van der Waals surface area contributed by atoms with Crippen LogP contribution in [0.25, 0.3) is 17.0 Å². The van der Waals surface area contributed by atoms with Crippen molar-refractivity contribution >= 4 is 28.6 Å². The Bertz CT molecular complexity index is 1130. The number of carbonyl (C=O) groups is 1. The van der Waals surface area contributed by atoms with Gasteiger partial charge in [0.2, 0.25) is 11.9 Å². The van der Waals surface area contributed by atoms with Gasteiger partial charge in [-0.25, -0.2) is 4.98 Å². The minimum Gasteiger partial charge on any atom is -0.388 e. The molecule has 5 rings (SSSR count). The summed E-state index contributed by atoms with van der Waals surface area (Å²) in [5.74, 6) is 2.81. The van der Waals surface area contributed by atoms with E-state index in [0.29, 0.717) is 57.6 Å². The maximum Gasteiger partial charge on any atom is 0.239 e. The van der Waals surface area contributed by atoms with Gasteiger partial charge in [-0.3, -0.25) is 9.36 Å². The highest BCUT2D eigenvalue weighted by Crippen LogP contribution is 2.26. The third-order valence-electron chi connectivity index (χ3n) is 6.25. The summed E-state index contributed by atoms with van der Waals surface area (Å²) in [4.78, 5) is 32.8. The molecule has 0 unspecified atom stereocenters. The highest BCUT2D eigenvalue weighted by atomic mass is 16.5. The molecule has 174 valence electrons. The number of aromatic nitrogens is 4.